The molecule has 0 saturated carbocycles. The maximum atomic E-state index is 13.6. The van der Waals surface area contributed by atoms with Crippen LogP contribution >= 0.6 is 0 Å². The van der Waals surface area contributed by atoms with Gasteiger partial charge in [-0.1, -0.05) is 24.3 Å². The minimum absolute atomic E-state index is 0.0417. The largest absolute Gasteiger partial charge is 0.481 e. The smallest absolute Gasteiger partial charge is 0.303 e. The lowest BCUT2D eigenvalue weighted by molar-refractivity contribution is -0.137. The Morgan fingerprint density at radius 2 is 2.17 bits per heavy atom. The third kappa shape index (κ3) is 5.27. The molecule has 1 atom stereocenters. The number of carbonyl (C=O) groups is 1. The lowest BCUT2D eigenvalue weighted by atomic mass is 9.95. The van der Waals surface area contributed by atoms with E-state index in [1.807, 2.05) is 24.3 Å². The zero-order chi connectivity index (χ0) is 13.8. The second-order valence-electron chi connectivity index (χ2n) is 5.18. The van der Waals surface area contributed by atoms with Gasteiger partial charge in [0.2, 0.25) is 0 Å². The van der Waals surface area contributed by atoms with Gasteiger partial charge < -0.3 is 10.8 Å². The Kier molecular flexibility index (Phi) is 4.84. The van der Waals surface area contributed by atoms with Crippen molar-refractivity contribution in [2.75, 3.05) is 0 Å². The van der Waals surface area contributed by atoms with Crippen LogP contribution < -0.4 is 5.73 Å². The molecule has 0 aliphatic carbocycles. The van der Waals surface area contributed by atoms with Crippen molar-refractivity contribution in [1.29, 1.82) is 0 Å². The quantitative estimate of drug-likeness (QED) is 0.819. The van der Waals surface area contributed by atoms with Gasteiger partial charge in [0, 0.05) is 18.9 Å². The Morgan fingerprint density at radius 3 is 2.72 bits per heavy atom. The van der Waals surface area contributed by atoms with Crippen molar-refractivity contribution in [3.05, 3.63) is 35.4 Å². The van der Waals surface area contributed by atoms with Crippen LogP contribution in [0.3, 0.4) is 0 Å². The summed E-state index contributed by atoms with van der Waals surface area (Å²) < 4.78 is 13.6. The number of benzene rings is 1. The fraction of sp³-hybridized carbons (Fsp3) is 0.500. The molecule has 0 bridgehead atoms. The van der Waals surface area contributed by atoms with Crippen LogP contribution in [-0.2, 0) is 11.2 Å². The molecular weight excluding hydrogens is 233 g/mol. The van der Waals surface area contributed by atoms with Gasteiger partial charge in [-0.25, -0.2) is 4.39 Å². The van der Waals surface area contributed by atoms with Gasteiger partial charge in [0.25, 0.3) is 0 Å². The molecule has 1 rings (SSSR count). The molecule has 1 aromatic carbocycles. The number of hydrogen-bond acceptors (Lipinski definition) is 2. The monoisotopic (exact) mass is 253 g/mol. The number of carboxylic acid groups (broad SMARTS) is 1. The van der Waals surface area contributed by atoms with E-state index in [1.165, 1.54) is 13.8 Å². The third-order valence-electron chi connectivity index (χ3n) is 2.67. The average Bonchev–Trinajstić information content (AvgIpc) is 2.23. The summed E-state index contributed by atoms with van der Waals surface area (Å²) in [4.78, 5) is 10.5. The van der Waals surface area contributed by atoms with E-state index in [-0.39, 0.29) is 12.5 Å². The summed E-state index contributed by atoms with van der Waals surface area (Å²) >= 11 is 0. The zero-order valence-corrected chi connectivity index (χ0v) is 10.8. The van der Waals surface area contributed by atoms with E-state index in [4.69, 9.17) is 10.8 Å². The van der Waals surface area contributed by atoms with Crippen LogP contribution in [0, 0.1) is 0 Å². The number of halogens is 1. The highest BCUT2D eigenvalue weighted by atomic mass is 19.1. The Bertz CT molecular complexity index is 413. The van der Waals surface area contributed by atoms with E-state index in [2.05, 4.69) is 0 Å². The van der Waals surface area contributed by atoms with Crippen molar-refractivity contribution in [2.24, 2.45) is 5.73 Å². The molecule has 0 fully saturated rings. The van der Waals surface area contributed by atoms with Crippen LogP contribution in [0.4, 0.5) is 4.39 Å². The first-order valence-corrected chi connectivity index (χ1v) is 6.03. The minimum Gasteiger partial charge on any atom is -0.481 e. The highest BCUT2D eigenvalue weighted by molar-refractivity contribution is 5.66. The molecule has 0 amide bonds. The van der Waals surface area contributed by atoms with Crippen LogP contribution in [0.1, 0.15) is 43.9 Å². The maximum Gasteiger partial charge on any atom is 0.303 e. The summed E-state index contributed by atoms with van der Waals surface area (Å²) in [5.74, 6) is -0.855. The average molecular weight is 253 g/mol. The molecule has 0 heterocycles. The molecule has 4 heteroatoms. The Hall–Kier alpha value is -1.42. The molecule has 0 aliphatic heterocycles. The number of nitrogens with two attached hydrogens (primary N) is 1. The van der Waals surface area contributed by atoms with E-state index in [9.17, 15) is 9.18 Å². The number of alkyl halides is 1. The van der Waals surface area contributed by atoms with Gasteiger partial charge in [-0.05, 0) is 31.4 Å². The molecule has 0 radical (unpaired) electrons. The molecule has 3 nitrogen and oxygen atoms in total. The van der Waals surface area contributed by atoms with Crippen molar-refractivity contribution >= 4 is 5.97 Å². The first-order valence-electron chi connectivity index (χ1n) is 6.03. The van der Waals surface area contributed by atoms with Crippen molar-refractivity contribution in [1.82, 2.24) is 0 Å². The topological polar surface area (TPSA) is 63.3 Å². The van der Waals surface area contributed by atoms with Crippen LogP contribution in [0.2, 0.25) is 0 Å². The standard InChI is InChI=1S/C14H20FNO2/c1-14(2,15)9-10-4-3-5-11(8-10)12(16)6-7-13(17)18/h3-5,8,12H,6-7,9,16H2,1-2H3,(H,17,18). The summed E-state index contributed by atoms with van der Waals surface area (Å²) in [6, 6.07) is 7.07. The summed E-state index contributed by atoms with van der Waals surface area (Å²) in [5.41, 5.74) is 6.40. The lowest BCUT2D eigenvalue weighted by Gasteiger charge is -2.16. The van der Waals surface area contributed by atoms with Gasteiger partial charge in [0.1, 0.15) is 5.67 Å². The maximum absolute atomic E-state index is 13.6. The van der Waals surface area contributed by atoms with Gasteiger partial charge in [-0.3, -0.25) is 4.79 Å². The number of aliphatic carboxylic acids is 1. The van der Waals surface area contributed by atoms with Gasteiger partial charge in [-0.15, -0.1) is 0 Å². The Balaban J connectivity index is 2.72. The van der Waals surface area contributed by atoms with Gasteiger partial charge >= 0.3 is 5.97 Å². The van der Waals surface area contributed by atoms with Crippen LogP contribution in [-0.4, -0.2) is 16.7 Å². The summed E-state index contributed by atoms with van der Waals surface area (Å²) in [6.07, 6.45) is 0.754. The second kappa shape index (κ2) is 5.96. The van der Waals surface area contributed by atoms with Crippen LogP contribution in [0.25, 0.3) is 0 Å². The third-order valence-corrected chi connectivity index (χ3v) is 2.67. The van der Waals surface area contributed by atoms with E-state index >= 15 is 0 Å². The fourth-order valence-corrected chi connectivity index (χ4v) is 1.86. The van der Waals surface area contributed by atoms with E-state index < -0.39 is 11.6 Å². The number of hydrogen-bond donors (Lipinski definition) is 2. The molecule has 18 heavy (non-hydrogen) atoms. The first kappa shape index (κ1) is 14.6. The van der Waals surface area contributed by atoms with Crippen molar-refractivity contribution in [3.8, 4) is 0 Å². The molecule has 3 N–H and O–H groups in total. The molecule has 1 aromatic rings. The molecule has 0 aliphatic rings. The Morgan fingerprint density at radius 1 is 1.50 bits per heavy atom. The molecule has 0 spiro atoms. The van der Waals surface area contributed by atoms with Gasteiger partial charge in [-0.2, -0.15) is 0 Å². The highest BCUT2D eigenvalue weighted by Gasteiger charge is 2.17. The van der Waals surface area contributed by atoms with Crippen molar-refractivity contribution in [2.45, 2.75) is 44.8 Å². The second-order valence-corrected chi connectivity index (χ2v) is 5.18. The highest BCUT2D eigenvalue weighted by Crippen LogP contribution is 2.21. The SMILES string of the molecule is CC(C)(F)Cc1cccc(C(N)CCC(=O)O)c1. The summed E-state index contributed by atoms with van der Waals surface area (Å²) in [6.45, 7) is 3.06. The van der Waals surface area contributed by atoms with Crippen LogP contribution in [0.5, 0.6) is 0 Å². The van der Waals surface area contributed by atoms with Crippen molar-refractivity contribution in [3.63, 3.8) is 0 Å². The summed E-state index contributed by atoms with van der Waals surface area (Å²) in [7, 11) is 0. The first-order chi connectivity index (χ1) is 8.28. The lowest BCUT2D eigenvalue weighted by Crippen LogP contribution is -2.17. The molecular formula is C14H20FNO2. The minimum atomic E-state index is -1.26. The van der Waals surface area contributed by atoms with Crippen LogP contribution in [0.15, 0.2) is 24.3 Å². The van der Waals surface area contributed by atoms with E-state index in [1.54, 1.807) is 0 Å². The predicted molar refractivity (Wildman–Crippen MR) is 69.1 cm³/mol. The van der Waals surface area contributed by atoms with E-state index in [0.29, 0.717) is 12.8 Å². The zero-order valence-electron chi connectivity index (χ0n) is 10.8. The molecule has 1 unspecified atom stereocenters. The van der Waals surface area contributed by atoms with Gasteiger partial charge in [0.15, 0.2) is 0 Å². The van der Waals surface area contributed by atoms with Crippen molar-refractivity contribution < 1.29 is 14.3 Å². The number of carboxylic acids is 1. The molecule has 100 valence electrons. The Labute approximate surface area is 107 Å². The normalized spacial score (nSPS) is 13.3. The molecule has 0 aromatic heterocycles. The summed E-state index contributed by atoms with van der Waals surface area (Å²) in [5, 5.41) is 8.61. The number of rotatable bonds is 6. The van der Waals surface area contributed by atoms with Gasteiger partial charge in [0.05, 0.1) is 0 Å². The molecule has 0 saturated heterocycles. The van der Waals surface area contributed by atoms with E-state index in [0.717, 1.165) is 11.1 Å². The fourth-order valence-electron chi connectivity index (χ4n) is 1.86. The predicted octanol–water partition coefficient (Wildman–Crippen LogP) is 2.84.